The molecule has 0 aromatic heterocycles. The van der Waals surface area contributed by atoms with Crippen LogP contribution < -0.4 is 16.0 Å². The van der Waals surface area contributed by atoms with E-state index < -0.39 is 56.6 Å². The molecule has 35 heavy (non-hydrogen) atoms. The van der Waals surface area contributed by atoms with E-state index in [1.54, 1.807) is 6.92 Å². The van der Waals surface area contributed by atoms with Crippen molar-refractivity contribution >= 4 is 69.6 Å². The van der Waals surface area contributed by atoms with Crippen molar-refractivity contribution in [3.05, 3.63) is 52.6 Å². The van der Waals surface area contributed by atoms with Crippen LogP contribution >= 0.6 is 34.8 Å². The summed E-state index contributed by atoms with van der Waals surface area (Å²) in [7, 11) is 0. The first-order valence-electron chi connectivity index (χ1n) is 10.5. The van der Waals surface area contributed by atoms with Gasteiger partial charge in [0.05, 0.1) is 22.2 Å². The van der Waals surface area contributed by atoms with E-state index in [-0.39, 0.29) is 22.9 Å². The Morgan fingerprint density at radius 2 is 1.77 bits per heavy atom. The number of amides is 3. The fourth-order valence-electron chi connectivity index (χ4n) is 3.15. The number of halogens is 5. The molecule has 0 spiro atoms. The first-order valence-corrected chi connectivity index (χ1v) is 11.6. The van der Waals surface area contributed by atoms with Crippen molar-refractivity contribution in [2.24, 2.45) is 5.92 Å². The second-order valence-electron chi connectivity index (χ2n) is 8.34. The molecular formula is C23H22Cl3F2N3O4. The number of carbonyl (C=O) groups excluding carboxylic acids is 3. The van der Waals surface area contributed by atoms with Crippen molar-refractivity contribution in [2.75, 3.05) is 22.6 Å². The summed E-state index contributed by atoms with van der Waals surface area (Å²) in [5.74, 6) is -4.87. The number of alkyl halides is 2. The molecule has 1 atom stereocenters. The van der Waals surface area contributed by atoms with Crippen molar-refractivity contribution in [1.82, 2.24) is 0 Å². The SMILES string of the molecule is CCOC(C)(C)C(=O)Nc1c(F)ccc(NC(=O)c2cc(NC(=O)C3CC3(Cl)Cl)ccc2Cl)c1F. The van der Waals surface area contributed by atoms with E-state index >= 15 is 4.39 Å². The molecule has 1 aliphatic carbocycles. The van der Waals surface area contributed by atoms with Crippen molar-refractivity contribution in [3.63, 3.8) is 0 Å². The Bertz CT molecular complexity index is 1190. The summed E-state index contributed by atoms with van der Waals surface area (Å²) in [4.78, 5) is 37.5. The Labute approximate surface area is 215 Å². The van der Waals surface area contributed by atoms with Gasteiger partial charge < -0.3 is 20.7 Å². The molecular weight excluding hydrogens is 527 g/mol. The van der Waals surface area contributed by atoms with Crippen LogP contribution in [-0.4, -0.2) is 34.3 Å². The monoisotopic (exact) mass is 547 g/mol. The van der Waals surface area contributed by atoms with Gasteiger partial charge in [-0.2, -0.15) is 0 Å². The zero-order chi connectivity index (χ0) is 26.1. The van der Waals surface area contributed by atoms with Gasteiger partial charge in [0.15, 0.2) is 5.82 Å². The maximum absolute atomic E-state index is 15.0. The zero-order valence-corrected chi connectivity index (χ0v) is 21.2. The van der Waals surface area contributed by atoms with Crippen molar-refractivity contribution < 1.29 is 27.9 Å². The molecule has 7 nitrogen and oxygen atoms in total. The lowest BCUT2D eigenvalue weighted by Gasteiger charge is -2.24. The highest BCUT2D eigenvalue weighted by atomic mass is 35.5. The first kappa shape index (κ1) is 27.1. The lowest BCUT2D eigenvalue weighted by molar-refractivity contribution is -0.136. The summed E-state index contributed by atoms with van der Waals surface area (Å²) >= 11 is 17.9. The van der Waals surface area contributed by atoms with Gasteiger partial charge in [-0.3, -0.25) is 14.4 Å². The lowest BCUT2D eigenvalue weighted by Crippen LogP contribution is -2.40. The summed E-state index contributed by atoms with van der Waals surface area (Å²) in [6.07, 6.45) is 0.299. The van der Waals surface area contributed by atoms with Gasteiger partial charge in [0.25, 0.3) is 11.8 Å². The predicted octanol–water partition coefficient (Wildman–Crippen LogP) is 5.76. The Morgan fingerprint density at radius 1 is 1.11 bits per heavy atom. The van der Waals surface area contributed by atoms with Crippen molar-refractivity contribution in [1.29, 1.82) is 0 Å². The molecule has 1 fully saturated rings. The van der Waals surface area contributed by atoms with Gasteiger partial charge >= 0.3 is 0 Å². The largest absolute Gasteiger partial charge is 0.366 e. The van der Waals surface area contributed by atoms with Gasteiger partial charge in [0.1, 0.15) is 21.4 Å². The summed E-state index contributed by atoms with van der Waals surface area (Å²) in [6, 6.07) is 6.02. The molecule has 3 amide bonds. The van der Waals surface area contributed by atoms with E-state index in [0.717, 1.165) is 12.1 Å². The standard InChI is InChI=1S/C23H22Cl3F2N3O4/c1-4-35-22(2,3)21(34)31-18-15(27)7-8-16(17(18)28)30-19(32)12-9-11(5-6-14(12)24)29-20(33)13-10-23(13,25)26/h5-9,13H,4,10H2,1-3H3,(H,29,33)(H,30,32)(H,31,34). The Balaban J connectivity index is 1.79. The van der Waals surface area contributed by atoms with Crippen molar-refractivity contribution in [2.45, 2.75) is 37.1 Å². The summed E-state index contributed by atoms with van der Waals surface area (Å²) in [5, 5.41) is 7.07. The van der Waals surface area contributed by atoms with Crippen LogP contribution in [0.4, 0.5) is 25.8 Å². The molecule has 2 aromatic rings. The van der Waals surface area contributed by atoms with Crippen molar-refractivity contribution in [3.8, 4) is 0 Å². The molecule has 0 aliphatic heterocycles. The Hall–Kier alpha value is -2.46. The lowest BCUT2D eigenvalue weighted by atomic mass is 10.1. The molecule has 188 valence electrons. The number of hydrogen-bond acceptors (Lipinski definition) is 4. The predicted molar refractivity (Wildman–Crippen MR) is 131 cm³/mol. The minimum atomic E-state index is -1.35. The van der Waals surface area contributed by atoms with E-state index in [0.29, 0.717) is 6.42 Å². The number of benzene rings is 2. The second kappa shape index (κ2) is 10.3. The zero-order valence-electron chi connectivity index (χ0n) is 18.9. The third-order valence-corrected chi connectivity index (χ3v) is 6.42. The van der Waals surface area contributed by atoms with Crippen LogP contribution in [0.5, 0.6) is 0 Å². The average Bonchev–Trinajstić information content (AvgIpc) is 3.42. The highest BCUT2D eigenvalue weighted by molar-refractivity contribution is 6.52. The molecule has 0 bridgehead atoms. The van der Waals surface area contributed by atoms with Gasteiger partial charge in [-0.05, 0) is 57.5 Å². The molecule has 0 heterocycles. The van der Waals surface area contributed by atoms with Crippen LogP contribution in [0.3, 0.4) is 0 Å². The van der Waals surface area contributed by atoms with Gasteiger partial charge in [0.2, 0.25) is 5.91 Å². The van der Waals surface area contributed by atoms with Crippen LogP contribution in [-0.2, 0) is 14.3 Å². The highest BCUT2D eigenvalue weighted by Crippen LogP contribution is 2.53. The molecule has 2 aromatic carbocycles. The van der Waals surface area contributed by atoms with Crippen LogP contribution in [0.1, 0.15) is 37.6 Å². The maximum Gasteiger partial charge on any atom is 0.257 e. The number of ether oxygens (including phenoxy) is 1. The number of carbonyl (C=O) groups is 3. The smallest absolute Gasteiger partial charge is 0.257 e. The van der Waals surface area contributed by atoms with E-state index in [9.17, 15) is 18.8 Å². The third kappa shape index (κ3) is 6.22. The number of nitrogens with one attached hydrogen (secondary N) is 3. The van der Waals surface area contributed by atoms with Gasteiger partial charge in [-0.1, -0.05) is 11.6 Å². The Kier molecular flexibility index (Phi) is 7.96. The summed E-state index contributed by atoms with van der Waals surface area (Å²) < 4.78 is 33.5. The van der Waals surface area contributed by atoms with E-state index in [2.05, 4.69) is 16.0 Å². The van der Waals surface area contributed by atoms with Crippen LogP contribution in [0, 0.1) is 17.6 Å². The molecule has 1 unspecified atom stereocenters. The molecule has 0 saturated heterocycles. The normalized spacial score (nSPS) is 16.4. The highest BCUT2D eigenvalue weighted by Gasteiger charge is 2.56. The number of hydrogen-bond donors (Lipinski definition) is 3. The average molecular weight is 549 g/mol. The second-order valence-corrected chi connectivity index (χ2v) is 10.3. The van der Waals surface area contributed by atoms with Gasteiger partial charge in [-0.15, -0.1) is 23.2 Å². The summed E-state index contributed by atoms with van der Waals surface area (Å²) in [5.41, 5.74) is -2.35. The fourth-order valence-corrected chi connectivity index (χ4v) is 3.86. The molecule has 1 saturated carbocycles. The molecule has 0 radical (unpaired) electrons. The number of rotatable bonds is 8. The molecule has 3 rings (SSSR count). The topological polar surface area (TPSA) is 96.5 Å². The van der Waals surface area contributed by atoms with Gasteiger partial charge in [-0.25, -0.2) is 8.78 Å². The van der Waals surface area contributed by atoms with Crippen LogP contribution in [0.25, 0.3) is 0 Å². The quantitative estimate of drug-likeness (QED) is 0.366. The van der Waals surface area contributed by atoms with Gasteiger partial charge in [0, 0.05) is 12.3 Å². The Morgan fingerprint density at radius 3 is 2.37 bits per heavy atom. The summed E-state index contributed by atoms with van der Waals surface area (Å²) in [6.45, 7) is 4.78. The molecule has 1 aliphatic rings. The van der Waals surface area contributed by atoms with E-state index in [1.807, 2.05) is 0 Å². The van der Waals surface area contributed by atoms with E-state index in [4.69, 9.17) is 39.5 Å². The van der Waals surface area contributed by atoms with Crippen LogP contribution in [0.2, 0.25) is 5.02 Å². The fraction of sp³-hybridized carbons (Fsp3) is 0.348. The first-order chi connectivity index (χ1) is 16.3. The third-order valence-electron chi connectivity index (χ3n) is 5.25. The minimum absolute atomic E-state index is 0.0189. The van der Waals surface area contributed by atoms with E-state index in [1.165, 1.54) is 32.0 Å². The molecule has 3 N–H and O–H groups in total. The number of anilines is 3. The minimum Gasteiger partial charge on any atom is -0.366 e. The molecule has 12 heteroatoms. The maximum atomic E-state index is 15.0. The van der Waals surface area contributed by atoms with Crippen LogP contribution in [0.15, 0.2) is 30.3 Å².